The normalized spacial score (nSPS) is 13.6. The minimum absolute atomic E-state index is 0.107. The van der Waals surface area contributed by atoms with Gasteiger partial charge in [-0.2, -0.15) is 0 Å². The van der Waals surface area contributed by atoms with Crippen LogP contribution >= 0.6 is 15.9 Å². The van der Waals surface area contributed by atoms with Gasteiger partial charge in [-0.25, -0.2) is 13.1 Å². The van der Waals surface area contributed by atoms with Gasteiger partial charge in [0.1, 0.15) is 0 Å². The van der Waals surface area contributed by atoms with Gasteiger partial charge < -0.3 is 10.8 Å². The first-order valence-corrected chi connectivity index (χ1v) is 8.37. The molecule has 0 heterocycles. The molecule has 0 unspecified atom stereocenters. The molecule has 114 valence electrons. The van der Waals surface area contributed by atoms with Crippen LogP contribution in [0.4, 0.5) is 5.69 Å². The van der Waals surface area contributed by atoms with Crippen molar-refractivity contribution < 1.29 is 13.5 Å². The largest absolute Gasteiger partial charge is 0.398 e. The van der Waals surface area contributed by atoms with Crippen molar-refractivity contribution in [2.75, 3.05) is 5.73 Å². The number of aliphatic hydroxyl groups is 1. The van der Waals surface area contributed by atoms with Gasteiger partial charge in [-0.15, -0.1) is 0 Å². The summed E-state index contributed by atoms with van der Waals surface area (Å²) in [4.78, 5) is 0.107. The number of hydrogen-bond donors (Lipinski definition) is 3. The molecular formula is C13H21BrN2O3S. The van der Waals surface area contributed by atoms with E-state index >= 15 is 0 Å². The van der Waals surface area contributed by atoms with Gasteiger partial charge in [0.15, 0.2) is 0 Å². The Balaban J connectivity index is 3.29. The van der Waals surface area contributed by atoms with E-state index in [1.54, 1.807) is 40.7 Å². The van der Waals surface area contributed by atoms with Crippen LogP contribution in [0, 0.1) is 6.92 Å². The van der Waals surface area contributed by atoms with Crippen LogP contribution in [0.2, 0.25) is 0 Å². The second-order valence-corrected chi connectivity index (χ2v) is 8.43. The third-order valence-electron chi connectivity index (χ3n) is 3.50. The third kappa shape index (κ3) is 3.52. The SMILES string of the molecule is Cc1cc(Br)c(N)cc1S(=O)(=O)NC(C)(C)C(C)(C)O. The zero-order valence-corrected chi connectivity index (χ0v) is 14.7. The average Bonchev–Trinajstić information content (AvgIpc) is 2.19. The summed E-state index contributed by atoms with van der Waals surface area (Å²) in [5.74, 6) is 0. The van der Waals surface area contributed by atoms with Crippen LogP contribution in [-0.4, -0.2) is 24.7 Å². The van der Waals surface area contributed by atoms with Crippen molar-refractivity contribution in [2.24, 2.45) is 0 Å². The lowest BCUT2D eigenvalue weighted by Gasteiger charge is -2.37. The fourth-order valence-corrected chi connectivity index (χ4v) is 3.73. The lowest BCUT2D eigenvalue weighted by atomic mass is 9.87. The summed E-state index contributed by atoms with van der Waals surface area (Å²) in [5.41, 5.74) is 4.42. The first kappa shape index (κ1) is 17.4. The molecule has 5 nitrogen and oxygen atoms in total. The van der Waals surface area contributed by atoms with Crippen molar-refractivity contribution in [3.63, 3.8) is 0 Å². The van der Waals surface area contributed by atoms with E-state index in [1.165, 1.54) is 6.07 Å². The van der Waals surface area contributed by atoms with E-state index in [2.05, 4.69) is 20.7 Å². The maximum absolute atomic E-state index is 12.5. The summed E-state index contributed by atoms with van der Waals surface area (Å²) in [7, 11) is -3.78. The minimum Gasteiger partial charge on any atom is -0.398 e. The molecule has 0 amide bonds. The molecule has 0 aliphatic heterocycles. The molecule has 7 heteroatoms. The molecule has 0 atom stereocenters. The molecule has 1 rings (SSSR count). The predicted octanol–water partition coefficient (Wildman–Crippen LogP) is 2.17. The highest BCUT2D eigenvalue weighted by atomic mass is 79.9. The van der Waals surface area contributed by atoms with E-state index in [0.29, 0.717) is 15.7 Å². The van der Waals surface area contributed by atoms with Crippen LogP contribution in [0.15, 0.2) is 21.5 Å². The molecule has 20 heavy (non-hydrogen) atoms. The van der Waals surface area contributed by atoms with Gasteiger partial charge in [-0.3, -0.25) is 0 Å². The maximum atomic E-state index is 12.5. The van der Waals surface area contributed by atoms with Crippen LogP contribution in [0.25, 0.3) is 0 Å². The second-order valence-electron chi connectivity index (χ2n) is 5.93. The summed E-state index contributed by atoms with van der Waals surface area (Å²) in [6.45, 7) is 8.05. The lowest BCUT2D eigenvalue weighted by molar-refractivity contribution is 0.00638. The van der Waals surface area contributed by atoms with Gasteiger partial charge in [0, 0.05) is 10.2 Å². The summed E-state index contributed by atoms with van der Waals surface area (Å²) >= 11 is 3.26. The number of aryl methyl sites for hydroxylation is 1. The summed E-state index contributed by atoms with van der Waals surface area (Å²) in [5, 5.41) is 10.1. The summed E-state index contributed by atoms with van der Waals surface area (Å²) in [6.07, 6.45) is 0. The number of nitrogens with two attached hydrogens (primary N) is 1. The fourth-order valence-electron chi connectivity index (χ4n) is 1.47. The van der Waals surface area contributed by atoms with E-state index in [9.17, 15) is 13.5 Å². The number of halogens is 1. The van der Waals surface area contributed by atoms with Crippen LogP contribution in [-0.2, 0) is 10.0 Å². The van der Waals surface area contributed by atoms with Crippen molar-refractivity contribution >= 4 is 31.6 Å². The fraction of sp³-hybridized carbons (Fsp3) is 0.538. The number of rotatable bonds is 4. The summed E-state index contributed by atoms with van der Waals surface area (Å²) < 4.78 is 28.1. The predicted molar refractivity (Wildman–Crippen MR) is 84.0 cm³/mol. The van der Waals surface area contributed by atoms with Gasteiger partial charge in [0.25, 0.3) is 0 Å². The topological polar surface area (TPSA) is 92.4 Å². The molecule has 0 fully saturated rings. The van der Waals surface area contributed by atoms with Gasteiger partial charge in [-0.05, 0) is 68.2 Å². The van der Waals surface area contributed by atoms with Crippen LogP contribution in [0.1, 0.15) is 33.3 Å². The number of benzene rings is 1. The van der Waals surface area contributed by atoms with Crippen molar-refractivity contribution in [1.29, 1.82) is 0 Å². The molecule has 0 saturated heterocycles. The zero-order chi connectivity index (χ0) is 15.9. The zero-order valence-electron chi connectivity index (χ0n) is 12.3. The highest BCUT2D eigenvalue weighted by Gasteiger charge is 2.39. The van der Waals surface area contributed by atoms with E-state index in [-0.39, 0.29) is 4.90 Å². The molecule has 4 N–H and O–H groups in total. The van der Waals surface area contributed by atoms with Crippen molar-refractivity contribution in [1.82, 2.24) is 4.72 Å². The summed E-state index contributed by atoms with van der Waals surface area (Å²) in [6, 6.07) is 3.06. The number of sulfonamides is 1. The number of hydrogen-bond acceptors (Lipinski definition) is 4. The Labute approximate surface area is 128 Å². The lowest BCUT2D eigenvalue weighted by Crippen LogP contribution is -2.57. The van der Waals surface area contributed by atoms with Gasteiger partial charge in [0.2, 0.25) is 10.0 Å². The van der Waals surface area contributed by atoms with Crippen molar-refractivity contribution in [3.05, 3.63) is 22.2 Å². The molecule has 0 aliphatic carbocycles. The molecular weight excluding hydrogens is 344 g/mol. The minimum atomic E-state index is -3.78. The molecule has 0 aromatic heterocycles. The Kier molecular flexibility index (Phi) is 4.61. The van der Waals surface area contributed by atoms with Crippen LogP contribution < -0.4 is 10.5 Å². The molecule has 0 radical (unpaired) electrons. The molecule has 0 bridgehead atoms. The van der Waals surface area contributed by atoms with Gasteiger partial charge >= 0.3 is 0 Å². The Hall–Kier alpha value is -0.630. The molecule has 0 aliphatic rings. The smallest absolute Gasteiger partial charge is 0.241 e. The standard InChI is InChI=1S/C13H21BrN2O3S/c1-8-6-9(14)10(15)7-11(8)20(18,19)16-12(2,3)13(4,5)17/h6-7,16-17H,15H2,1-5H3. The molecule has 1 aromatic rings. The number of anilines is 1. The van der Waals surface area contributed by atoms with E-state index in [4.69, 9.17) is 5.73 Å². The first-order valence-electron chi connectivity index (χ1n) is 6.10. The molecule has 0 saturated carbocycles. The number of nitrogen functional groups attached to an aromatic ring is 1. The first-order chi connectivity index (χ1) is 8.78. The number of nitrogens with one attached hydrogen (secondary N) is 1. The molecule has 0 spiro atoms. The molecule has 1 aromatic carbocycles. The highest BCUT2D eigenvalue weighted by Crippen LogP contribution is 2.29. The Morgan fingerprint density at radius 2 is 1.75 bits per heavy atom. The van der Waals surface area contributed by atoms with Crippen LogP contribution in [0.3, 0.4) is 0 Å². The Morgan fingerprint density at radius 3 is 2.20 bits per heavy atom. The highest BCUT2D eigenvalue weighted by molar-refractivity contribution is 9.10. The van der Waals surface area contributed by atoms with E-state index in [1.807, 2.05) is 0 Å². The monoisotopic (exact) mass is 364 g/mol. The van der Waals surface area contributed by atoms with Crippen LogP contribution in [0.5, 0.6) is 0 Å². The average molecular weight is 365 g/mol. The van der Waals surface area contributed by atoms with Crippen molar-refractivity contribution in [3.8, 4) is 0 Å². The van der Waals surface area contributed by atoms with Crippen molar-refractivity contribution in [2.45, 2.75) is 50.7 Å². The van der Waals surface area contributed by atoms with Gasteiger partial charge in [-0.1, -0.05) is 0 Å². The Bertz CT molecular complexity index is 619. The van der Waals surface area contributed by atoms with Gasteiger partial charge in [0.05, 0.1) is 16.0 Å². The maximum Gasteiger partial charge on any atom is 0.241 e. The Morgan fingerprint density at radius 1 is 1.25 bits per heavy atom. The quantitative estimate of drug-likeness (QED) is 0.713. The van der Waals surface area contributed by atoms with E-state index in [0.717, 1.165) is 0 Å². The second kappa shape index (κ2) is 5.29. The van der Waals surface area contributed by atoms with E-state index < -0.39 is 21.2 Å². The third-order valence-corrected chi connectivity index (χ3v) is 5.99.